The van der Waals surface area contributed by atoms with Crippen LogP contribution in [0.25, 0.3) is 0 Å². The molecular weight excluding hydrogens is 944 g/mol. The van der Waals surface area contributed by atoms with Crippen molar-refractivity contribution >= 4 is 19.8 Å². The molecule has 1 aliphatic carbocycles. The van der Waals surface area contributed by atoms with Crippen LogP contribution >= 0.6 is 7.82 Å². The molecule has 0 spiro atoms. The minimum absolute atomic E-state index is 0.163. The normalized spacial score (nSPS) is 20.5. The summed E-state index contributed by atoms with van der Waals surface area (Å²) in [6.45, 7) is 2.55. The smallest absolute Gasteiger partial charge is 0.462 e. The van der Waals surface area contributed by atoms with E-state index in [1.54, 1.807) is 0 Å². The predicted molar refractivity (Wildman–Crippen MR) is 271 cm³/mol. The molecule has 0 heterocycles. The molecule has 3 unspecified atom stereocenters. The molecule has 0 amide bonds. The zero-order chi connectivity index (χ0) is 52.1. The van der Waals surface area contributed by atoms with Gasteiger partial charge < -0.3 is 56.8 Å². The molecule has 1 saturated carbocycles. The summed E-state index contributed by atoms with van der Waals surface area (Å²) in [5.41, 5.74) is 0. The topological polar surface area (TPSA) is 190 Å². The standard InChI is InChI=1S/C52H101O18P/c1-9-11-13-15-17-19-21-23-25-27-29-31-33-35-45(53)62-37-44(69-46(54)36-34-32-30-28-26-24-22-20-18-16-14-12-10-2)38-68-71(55,61-8)70-52-50(66-42-59-6)48(64-40-57-4)47(63-39-56-3)49(65-41-58-5)51(52)67-43-60-7/h44,47-52H,9-43H2,1-8H3/t44-,47?,48-,49+,50-,51-,52?,71?/m1/s1. The fourth-order valence-electron chi connectivity index (χ4n) is 8.57. The molecular formula is C52H101O18P. The van der Waals surface area contributed by atoms with Gasteiger partial charge in [0.05, 0.1) is 6.61 Å². The maximum atomic E-state index is 14.6. The van der Waals surface area contributed by atoms with Crippen LogP contribution < -0.4 is 0 Å². The van der Waals surface area contributed by atoms with Gasteiger partial charge in [0.15, 0.2) is 6.10 Å². The predicted octanol–water partition coefficient (Wildman–Crippen LogP) is 11.5. The molecule has 0 N–H and O–H groups in total. The van der Waals surface area contributed by atoms with Gasteiger partial charge in [0.1, 0.15) is 77.2 Å². The van der Waals surface area contributed by atoms with Crippen LogP contribution in [0.1, 0.15) is 194 Å². The number of unbranched alkanes of at least 4 members (excludes halogenated alkanes) is 24. The molecule has 1 rings (SSSR count). The summed E-state index contributed by atoms with van der Waals surface area (Å²) in [4.78, 5) is 26.3. The maximum Gasteiger partial charge on any atom is 0.475 e. The van der Waals surface area contributed by atoms with Crippen molar-refractivity contribution in [3.05, 3.63) is 0 Å². The summed E-state index contributed by atoms with van der Waals surface area (Å²) in [6.07, 6.45) is 23.3. The van der Waals surface area contributed by atoms with Gasteiger partial charge in [-0.15, -0.1) is 0 Å². The number of ether oxygens (including phenoxy) is 12. The van der Waals surface area contributed by atoms with Gasteiger partial charge in [-0.05, 0) is 12.8 Å². The number of phosphoric ester groups is 1. The van der Waals surface area contributed by atoms with Gasteiger partial charge in [0, 0.05) is 55.5 Å². The van der Waals surface area contributed by atoms with Crippen molar-refractivity contribution in [2.75, 3.05) is 89.8 Å². The minimum Gasteiger partial charge on any atom is -0.462 e. The van der Waals surface area contributed by atoms with Gasteiger partial charge in [-0.25, -0.2) is 4.57 Å². The van der Waals surface area contributed by atoms with Crippen LogP contribution in [0.5, 0.6) is 0 Å². The van der Waals surface area contributed by atoms with E-state index < -0.39 is 69.1 Å². The van der Waals surface area contributed by atoms with Crippen LogP contribution in [-0.4, -0.2) is 145 Å². The van der Waals surface area contributed by atoms with Gasteiger partial charge in [-0.1, -0.05) is 168 Å². The third-order valence-electron chi connectivity index (χ3n) is 12.4. The lowest BCUT2D eigenvalue weighted by Gasteiger charge is -2.49. The van der Waals surface area contributed by atoms with E-state index in [1.807, 2.05) is 0 Å². The number of methoxy groups -OCH3 is 5. The fraction of sp³-hybridized carbons (Fsp3) is 0.962. The molecule has 0 aromatic heterocycles. The molecule has 0 aromatic carbocycles. The molecule has 8 atom stereocenters. The summed E-state index contributed by atoms with van der Waals surface area (Å²) in [5.74, 6) is -0.918. The third kappa shape index (κ3) is 33.3. The average Bonchev–Trinajstić information content (AvgIpc) is 3.37. The van der Waals surface area contributed by atoms with Crippen molar-refractivity contribution < 1.29 is 84.6 Å². The lowest BCUT2D eigenvalue weighted by molar-refractivity contribution is -0.311. The molecule has 71 heavy (non-hydrogen) atoms. The molecule has 18 nitrogen and oxygen atoms in total. The Hall–Kier alpha value is -1.35. The Labute approximate surface area is 429 Å². The third-order valence-corrected chi connectivity index (χ3v) is 13.8. The second-order valence-corrected chi connectivity index (χ2v) is 20.2. The fourth-order valence-corrected chi connectivity index (χ4v) is 9.71. The summed E-state index contributed by atoms with van der Waals surface area (Å²) < 4.78 is 100. The Morgan fingerprint density at radius 1 is 0.394 bits per heavy atom. The van der Waals surface area contributed by atoms with E-state index in [9.17, 15) is 14.2 Å². The first-order valence-electron chi connectivity index (χ1n) is 27.0. The highest BCUT2D eigenvalue weighted by molar-refractivity contribution is 7.48. The summed E-state index contributed by atoms with van der Waals surface area (Å²) >= 11 is 0. The van der Waals surface area contributed by atoms with E-state index in [0.29, 0.717) is 12.8 Å². The van der Waals surface area contributed by atoms with Crippen molar-refractivity contribution in [1.29, 1.82) is 0 Å². The summed E-state index contributed by atoms with van der Waals surface area (Å²) in [6, 6.07) is 0. The lowest BCUT2D eigenvalue weighted by Crippen LogP contribution is -2.67. The number of rotatable bonds is 52. The summed E-state index contributed by atoms with van der Waals surface area (Å²) in [7, 11) is 3.76. The Morgan fingerprint density at radius 3 is 1.00 bits per heavy atom. The Kier molecular flexibility index (Phi) is 44.9. The maximum absolute atomic E-state index is 14.6. The summed E-state index contributed by atoms with van der Waals surface area (Å²) in [5, 5.41) is 0. The second-order valence-electron chi connectivity index (χ2n) is 18.5. The SMILES string of the molecule is CCCCCCCCCCCCCCCC(=O)OC[C@H](COP(=O)(OC)OC1[C@H](OCOC)[C@H](OCOC)C(OCOC)[C@H](OCOC)[C@H]1OCOC)OC(=O)CCCCCCCCCCCCCCC. The molecule has 1 aliphatic rings. The zero-order valence-electron chi connectivity index (χ0n) is 45.6. The Bertz CT molecular complexity index is 1240. The van der Waals surface area contributed by atoms with Crippen LogP contribution in [0.15, 0.2) is 0 Å². The van der Waals surface area contributed by atoms with Gasteiger partial charge in [0.2, 0.25) is 0 Å². The molecule has 0 aliphatic heterocycles. The van der Waals surface area contributed by atoms with Crippen LogP contribution in [-0.2, 0) is 84.6 Å². The first-order valence-corrected chi connectivity index (χ1v) is 28.5. The van der Waals surface area contributed by atoms with Gasteiger partial charge in [-0.2, -0.15) is 0 Å². The first-order chi connectivity index (χ1) is 34.7. The van der Waals surface area contributed by atoms with Crippen molar-refractivity contribution in [3.8, 4) is 0 Å². The average molecular weight is 1050 g/mol. The lowest BCUT2D eigenvalue weighted by atomic mass is 9.84. The van der Waals surface area contributed by atoms with Crippen molar-refractivity contribution in [1.82, 2.24) is 0 Å². The molecule has 0 aromatic rings. The molecule has 422 valence electrons. The number of carbonyl (C=O) groups excluding carboxylic acids is 2. The minimum atomic E-state index is -4.61. The molecule has 0 bridgehead atoms. The molecule has 19 heteroatoms. The Morgan fingerprint density at radius 2 is 0.690 bits per heavy atom. The molecule has 0 saturated heterocycles. The largest absolute Gasteiger partial charge is 0.475 e. The highest BCUT2D eigenvalue weighted by Gasteiger charge is 2.57. The van der Waals surface area contributed by atoms with E-state index in [-0.39, 0.29) is 53.4 Å². The van der Waals surface area contributed by atoms with Crippen LogP contribution in [0.3, 0.4) is 0 Å². The van der Waals surface area contributed by atoms with E-state index in [0.717, 1.165) is 45.6 Å². The first kappa shape index (κ1) is 67.7. The number of carbonyl (C=O) groups is 2. The number of hydrogen-bond acceptors (Lipinski definition) is 18. The van der Waals surface area contributed by atoms with E-state index in [2.05, 4.69) is 13.8 Å². The number of phosphoric acid groups is 1. The van der Waals surface area contributed by atoms with Gasteiger partial charge >= 0.3 is 19.8 Å². The van der Waals surface area contributed by atoms with Crippen molar-refractivity contribution in [3.63, 3.8) is 0 Å². The second kappa shape index (κ2) is 47.1. The Balaban J connectivity index is 3.09. The highest BCUT2D eigenvalue weighted by Crippen LogP contribution is 2.52. The van der Waals surface area contributed by atoms with E-state index in [4.69, 9.17) is 70.4 Å². The highest BCUT2D eigenvalue weighted by atomic mass is 31.2. The van der Waals surface area contributed by atoms with Crippen LogP contribution in [0.4, 0.5) is 0 Å². The van der Waals surface area contributed by atoms with E-state index in [1.165, 1.54) is 151 Å². The van der Waals surface area contributed by atoms with Crippen LogP contribution in [0.2, 0.25) is 0 Å². The molecule has 1 fully saturated rings. The van der Waals surface area contributed by atoms with Crippen molar-refractivity contribution in [2.45, 2.75) is 236 Å². The van der Waals surface area contributed by atoms with Gasteiger partial charge in [-0.3, -0.25) is 23.2 Å². The number of hydrogen-bond donors (Lipinski definition) is 0. The van der Waals surface area contributed by atoms with Crippen LogP contribution in [0, 0.1) is 0 Å². The zero-order valence-corrected chi connectivity index (χ0v) is 46.5. The van der Waals surface area contributed by atoms with Gasteiger partial charge in [0.25, 0.3) is 0 Å². The van der Waals surface area contributed by atoms with Crippen molar-refractivity contribution in [2.24, 2.45) is 0 Å². The van der Waals surface area contributed by atoms with E-state index >= 15 is 0 Å². The monoisotopic (exact) mass is 1040 g/mol. The number of esters is 2. The molecule has 0 radical (unpaired) electrons. The quantitative estimate of drug-likeness (QED) is 0.0242.